The van der Waals surface area contributed by atoms with Crippen LogP contribution in [0.25, 0.3) is 11.0 Å². The van der Waals surface area contributed by atoms with Crippen LogP contribution in [0.2, 0.25) is 0 Å². The molecule has 2 aromatic heterocycles. The van der Waals surface area contributed by atoms with Crippen LogP contribution in [0.5, 0.6) is 0 Å². The molecule has 0 spiro atoms. The molecule has 0 saturated carbocycles. The maximum atomic E-state index is 11.4. The molecule has 2 N–H and O–H groups in total. The lowest BCUT2D eigenvalue weighted by Gasteiger charge is -2.26. The van der Waals surface area contributed by atoms with Crippen LogP contribution in [0.3, 0.4) is 0 Å². The van der Waals surface area contributed by atoms with E-state index in [2.05, 4.69) is 29.6 Å². The number of pyridine rings is 1. The molecular weight excluding hydrogens is 318 g/mol. The van der Waals surface area contributed by atoms with Gasteiger partial charge in [-0.05, 0) is 26.2 Å². The van der Waals surface area contributed by atoms with Gasteiger partial charge in [-0.15, -0.1) is 0 Å². The fraction of sp³-hybridized carbons (Fsp3) is 0.611. The Labute approximate surface area is 148 Å². The second-order valence-corrected chi connectivity index (χ2v) is 6.40. The maximum Gasteiger partial charge on any atom is 0.217 e. The lowest BCUT2D eigenvalue weighted by molar-refractivity contribution is -0.119. The summed E-state index contributed by atoms with van der Waals surface area (Å²) in [7, 11) is 0. The number of aromatic nitrogens is 3. The number of ether oxygens (including phenoxy) is 1. The van der Waals surface area contributed by atoms with E-state index in [9.17, 15) is 4.79 Å². The van der Waals surface area contributed by atoms with Gasteiger partial charge in [0, 0.05) is 50.5 Å². The van der Waals surface area contributed by atoms with Crippen LogP contribution in [-0.4, -0.2) is 39.9 Å². The Kier molecular flexibility index (Phi) is 5.53. The van der Waals surface area contributed by atoms with Crippen LogP contribution in [-0.2, 0) is 29.0 Å². The number of rotatable bonds is 6. The first kappa shape index (κ1) is 17.7. The van der Waals surface area contributed by atoms with Crippen molar-refractivity contribution < 1.29 is 9.53 Å². The molecule has 1 saturated heterocycles. The minimum atomic E-state index is -0.0385. The van der Waals surface area contributed by atoms with Crippen LogP contribution in [0.15, 0.2) is 6.20 Å². The number of fused-ring (bicyclic) bond motifs is 1. The van der Waals surface area contributed by atoms with E-state index in [1.54, 1.807) is 0 Å². The molecule has 1 aliphatic heterocycles. The molecule has 3 heterocycles. The highest BCUT2D eigenvalue weighted by Gasteiger charge is 2.21. The second-order valence-electron chi connectivity index (χ2n) is 6.40. The zero-order chi connectivity index (χ0) is 17.8. The number of hydrogen-bond acceptors (Lipinski definition) is 5. The number of nitrogens with one attached hydrogen (secondary N) is 2. The number of carbonyl (C=O) groups is 1. The van der Waals surface area contributed by atoms with Gasteiger partial charge in [-0.25, -0.2) is 9.67 Å². The molecule has 1 fully saturated rings. The number of amides is 1. The van der Waals surface area contributed by atoms with Crippen molar-refractivity contribution in [3.63, 3.8) is 0 Å². The SMILES string of the molecule is CCc1nc2c(cnn2CC)c(NC2CCOCC2)c1CNC(C)=O. The van der Waals surface area contributed by atoms with Gasteiger partial charge in [-0.3, -0.25) is 4.79 Å². The summed E-state index contributed by atoms with van der Waals surface area (Å²) >= 11 is 0. The van der Waals surface area contributed by atoms with Crippen molar-refractivity contribution in [2.45, 2.75) is 59.2 Å². The van der Waals surface area contributed by atoms with Crippen LogP contribution in [0.4, 0.5) is 5.69 Å². The Morgan fingerprint density at radius 2 is 2.12 bits per heavy atom. The number of anilines is 1. The third kappa shape index (κ3) is 3.76. The predicted molar refractivity (Wildman–Crippen MR) is 97.6 cm³/mol. The normalized spacial score (nSPS) is 15.5. The molecule has 2 aromatic rings. The molecule has 0 unspecified atom stereocenters. The third-order valence-corrected chi connectivity index (χ3v) is 4.69. The van der Waals surface area contributed by atoms with Crippen molar-refractivity contribution in [2.75, 3.05) is 18.5 Å². The lowest BCUT2D eigenvalue weighted by Crippen LogP contribution is -2.29. The summed E-state index contributed by atoms with van der Waals surface area (Å²) in [5, 5.41) is 12.1. The Morgan fingerprint density at radius 3 is 2.76 bits per heavy atom. The fourth-order valence-electron chi connectivity index (χ4n) is 3.31. The Balaban J connectivity index is 2.07. The van der Waals surface area contributed by atoms with E-state index in [1.807, 2.05) is 10.9 Å². The fourth-order valence-corrected chi connectivity index (χ4v) is 3.31. The molecule has 7 nitrogen and oxygen atoms in total. The molecule has 1 aliphatic rings. The van der Waals surface area contributed by atoms with Crippen LogP contribution in [0.1, 0.15) is 44.9 Å². The van der Waals surface area contributed by atoms with E-state index in [4.69, 9.17) is 9.72 Å². The number of nitrogens with zero attached hydrogens (tertiary/aromatic N) is 3. The van der Waals surface area contributed by atoms with Crippen molar-refractivity contribution in [1.29, 1.82) is 0 Å². The quantitative estimate of drug-likeness (QED) is 0.839. The van der Waals surface area contributed by atoms with Crippen LogP contribution >= 0.6 is 0 Å². The molecule has 0 aromatic carbocycles. The van der Waals surface area contributed by atoms with Crippen molar-refractivity contribution in [2.24, 2.45) is 0 Å². The molecule has 25 heavy (non-hydrogen) atoms. The molecule has 0 atom stereocenters. The van der Waals surface area contributed by atoms with Gasteiger partial charge in [0.2, 0.25) is 5.91 Å². The highest BCUT2D eigenvalue weighted by atomic mass is 16.5. The number of hydrogen-bond donors (Lipinski definition) is 2. The largest absolute Gasteiger partial charge is 0.381 e. The summed E-state index contributed by atoms with van der Waals surface area (Å²) in [4.78, 5) is 16.3. The van der Waals surface area contributed by atoms with Gasteiger partial charge in [0.1, 0.15) is 0 Å². The molecular formula is C18H27N5O2. The van der Waals surface area contributed by atoms with Gasteiger partial charge < -0.3 is 15.4 Å². The van der Waals surface area contributed by atoms with E-state index in [0.29, 0.717) is 12.6 Å². The summed E-state index contributed by atoms with van der Waals surface area (Å²) < 4.78 is 7.40. The molecule has 3 rings (SSSR count). The summed E-state index contributed by atoms with van der Waals surface area (Å²) in [6, 6.07) is 0.366. The average molecular weight is 345 g/mol. The van der Waals surface area contributed by atoms with Crippen molar-refractivity contribution in [3.8, 4) is 0 Å². The summed E-state index contributed by atoms with van der Waals surface area (Å²) in [5.74, 6) is -0.0385. The Hall–Kier alpha value is -2.15. The van der Waals surface area contributed by atoms with E-state index in [0.717, 1.165) is 67.0 Å². The molecule has 0 aliphatic carbocycles. The Morgan fingerprint density at radius 1 is 1.36 bits per heavy atom. The Bertz CT molecular complexity index is 749. The zero-order valence-electron chi connectivity index (χ0n) is 15.3. The lowest BCUT2D eigenvalue weighted by atomic mass is 10.0. The summed E-state index contributed by atoms with van der Waals surface area (Å²) in [6.45, 7) is 8.51. The molecule has 136 valence electrons. The van der Waals surface area contributed by atoms with Crippen LogP contribution in [0, 0.1) is 0 Å². The highest BCUT2D eigenvalue weighted by Crippen LogP contribution is 2.31. The van der Waals surface area contributed by atoms with E-state index < -0.39 is 0 Å². The first-order valence-corrected chi connectivity index (χ1v) is 9.10. The molecule has 1 amide bonds. The maximum absolute atomic E-state index is 11.4. The minimum absolute atomic E-state index is 0.0385. The molecule has 0 bridgehead atoms. The average Bonchev–Trinajstić information content (AvgIpc) is 3.04. The second kappa shape index (κ2) is 7.82. The standard InChI is InChI=1S/C18H27N5O2/c1-4-16-14(10-19-12(3)24)17(21-13-6-8-25-9-7-13)15-11-20-23(5-2)18(15)22-16/h11,13H,4-10H2,1-3H3,(H,19,24)(H,21,22). The van der Waals surface area contributed by atoms with Gasteiger partial charge in [-0.2, -0.15) is 5.10 Å². The van der Waals surface area contributed by atoms with E-state index >= 15 is 0 Å². The van der Waals surface area contributed by atoms with Crippen molar-refractivity contribution in [1.82, 2.24) is 20.1 Å². The van der Waals surface area contributed by atoms with Crippen LogP contribution < -0.4 is 10.6 Å². The predicted octanol–water partition coefficient (Wildman–Crippen LogP) is 2.24. The summed E-state index contributed by atoms with van der Waals surface area (Å²) in [5.41, 5.74) is 4.03. The number of aryl methyl sites for hydroxylation is 2. The van der Waals surface area contributed by atoms with Gasteiger partial charge in [0.25, 0.3) is 0 Å². The molecule has 0 radical (unpaired) electrons. The van der Waals surface area contributed by atoms with E-state index in [-0.39, 0.29) is 5.91 Å². The van der Waals surface area contributed by atoms with Gasteiger partial charge in [-0.1, -0.05) is 6.92 Å². The number of carbonyl (C=O) groups excluding carboxylic acids is 1. The monoisotopic (exact) mass is 345 g/mol. The van der Waals surface area contributed by atoms with Crippen molar-refractivity contribution in [3.05, 3.63) is 17.5 Å². The van der Waals surface area contributed by atoms with Gasteiger partial charge in [0.15, 0.2) is 5.65 Å². The topological polar surface area (TPSA) is 81.1 Å². The van der Waals surface area contributed by atoms with Gasteiger partial charge in [0.05, 0.1) is 17.3 Å². The smallest absolute Gasteiger partial charge is 0.217 e. The van der Waals surface area contributed by atoms with Gasteiger partial charge >= 0.3 is 0 Å². The molecule has 7 heteroatoms. The third-order valence-electron chi connectivity index (χ3n) is 4.69. The minimum Gasteiger partial charge on any atom is -0.381 e. The zero-order valence-corrected chi connectivity index (χ0v) is 15.3. The van der Waals surface area contributed by atoms with Crippen molar-refractivity contribution >= 4 is 22.6 Å². The first-order chi connectivity index (χ1) is 12.1. The summed E-state index contributed by atoms with van der Waals surface area (Å²) in [6.07, 6.45) is 4.64. The highest BCUT2D eigenvalue weighted by molar-refractivity contribution is 5.91. The first-order valence-electron chi connectivity index (χ1n) is 9.10. The van der Waals surface area contributed by atoms with E-state index in [1.165, 1.54) is 6.92 Å².